The van der Waals surface area contributed by atoms with Crippen LogP contribution in [0.4, 0.5) is 0 Å². The topological polar surface area (TPSA) is 29.1 Å². The molecule has 0 unspecified atom stereocenters. The number of hydrogen-bond donors (Lipinski definition) is 1. The van der Waals surface area contributed by atoms with Crippen molar-refractivity contribution < 1.29 is 4.79 Å². The molecule has 1 aliphatic rings. The van der Waals surface area contributed by atoms with E-state index in [0.29, 0.717) is 15.6 Å². The summed E-state index contributed by atoms with van der Waals surface area (Å²) in [5.74, 6) is 0.177. The van der Waals surface area contributed by atoms with E-state index in [1.54, 1.807) is 18.2 Å². The van der Waals surface area contributed by atoms with Gasteiger partial charge in [0.2, 0.25) is 0 Å². The van der Waals surface area contributed by atoms with Gasteiger partial charge in [0.15, 0.2) is 5.78 Å². The van der Waals surface area contributed by atoms with Gasteiger partial charge in [0.25, 0.3) is 0 Å². The highest BCUT2D eigenvalue weighted by Crippen LogP contribution is 2.34. The summed E-state index contributed by atoms with van der Waals surface area (Å²) in [5.41, 5.74) is 0.431. The molecule has 0 saturated carbocycles. The average molecular weight is 272 g/mol. The fourth-order valence-corrected chi connectivity index (χ4v) is 2.60. The van der Waals surface area contributed by atoms with Crippen molar-refractivity contribution in [2.75, 3.05) is 13.1 Å². The molecular weight excluding hydrogens is 257 g/mol. The average Bonchev–Trinajstić information content (AvgIpc) is 2.26. The van der Waals surface area contributed by atoms with Crippen LogP contribution in [-0.4, -0.2) is 18.9 Å². The summed E-state index contributed by atoms with van der Waals surface area (Å²) < 4.78 is 0. The molecule has 0 aromatic heterocycles. The van der Waals surface area contributed by atoms with Crippen LogP contribution in [0.3, 0.4) is 0 Å². The fraction of sp³-hybridized carbons (Fsp3) is 0.462. The zero-order chi connectivity index (χ0) is 12.5. The lowest BCUT2D eigenvalue weighted by Gasteiger charge is -2.41. The van der Waals surface area contributed by atoms with Gasteiger partial charge in [-0.05, 0) is 24.6 Å². The normalized spacial score (nSPS) is 17.6. The van der Waals surface area contributed by atoms with Gasteiger partial charge in [-0.1, -0.05) is 36.5 Å². The molecular formula is C13H15Cl2NO. The van der Waals surface area contributed by atoms with Gasteiger partial charge < -0.3 is 5.32 Å². The molecule has 17 heavy (non-hydrogen) atoms. The fourth-order valence-electron chi connectivity index (χ4n) is 2.30. The van der Waals surface area contributed by atoms with Crippen LogP contribution in [0.15, 0.2) is 18.2 Å². The molecule has 1 aromatic rings. The quantitative estimate of drug-likeness (QED) is 0.849. The molecule has 1 saturated heterocycles. The predicted molar refractivity (Wildman–Crippen MR) is 71.0 cm³/mol. The second-order valence-electron chi connectivity index (χ2n) is 4.59. The van der Waals surface area contributed by atoms with Gasteiger partial charge in [-0.2, -0.15) is 0 Å². The van der Waals surface area contributed by atoms with Gasteiger partial charge >= 0.3 is 0 Å². The summed E-state index contributed by atoms with van der Waals surface area (Å²) in [4.78, 5) is 12.5. The largest absolute Gasteiger partial charge is 0.315 e. The molecule has 0 atom stereocenters. The van der Waals surface area contributed by atoms with Crippen molar-refractivity contribution in [1.29, 1.82) is 0 Å². The number of hydrogen-bond acceptors (Lipinski definition) is 2. The Hall–Kier alpha value is -0.570. The third-order valence-electron chi connectivity index (χ3n) is 3.32. The molecule has 0 aliphatic carbocycles. The first-order valence-corrected chi connectivity index (χ1v) is 6.55. The van der Waals surface area contributed by atoms with Gasteiger partial charge in [0.1, 0.15) is 0 Å². The van der Waals surface area contributed by atoms with Crippen molar-refractivity contribution in [1.82, 2.24) is 5.32 Å². The lowest BCUT2D eigenvalue weighted by molar-refractivity contribution is 0.0652. The number of halogens is 2. The third kappa shape index (κ3) is 2.35. The number of carbonyl (C=O) groups is 1. The predicted octanol–water partition coefficient (Wildman–Crippen LogP) is 3.57. The van der Waals surface area contributed by atoms with Crippen molar-refractivity contribution in [3.05, 3.63) is 33.8 Å². The zero-order valence-electron chi connectivity index (χ0n) is 9.72. The van der Waals surface area contributed by atoms with Crippen LogP contribution in [0, 0.1) is 5.41 Å². The number of carbonyl (C=O) groups excluding carboxylic acids is 1. The van der Waals surface area contributed by atoms with Crippen molar-refractivity contribution in [3.63, 3.8) is 0 Å². The van der Waals surface area contributed by atoms with Crippen molar-refractivity contribution in [3.8, 4) is 0 Å². The second-order valence-corrected chi connectivity index (χ2v) is 5.41. The monoisotopic (exact) mass is 271 g/mol. The molecule has 4 heteroatoms. The van der Waals surface area contributed by atoms with Crippen molar-refractivity contribution >= 4 is 29.0 Å². The van der Waals surface area contributed by atoms with Crippen LogP contribution in [0.5, 0.6) is 0 Å². The van der Waals surface area contributed by atoms with Gasteiger partial charge in [0, 0.05) is 18.7 Å². The maximum absolute atomic E-state index is 12.5. The van der Waals surface area contributed by atoms with E-state index in [0.717, 1.165) is 25.9 Å². The Balaban J connectivity index is 2.26. The molecule has 2 nitrogen and oxygen atoms in total. The van der Waals surface area contributed by atoms with E-state index < -0.39 is 0 Å². The molecule has 1 fully saturated rings. The molecule has 0 radical (unpaired) electrons. The molecule has 1 aliphatic heterocycles. The standard InChI is InChI=1S/C13H15Cl2NO/c1-2-5-13(7-16-8-13)12(17)9-3-4-10(14)11(15)6-9/h3-4,6,16H,2,5,7-8H2,1H3. The minimum atomic E-state index is -0.230. The number of nitrogens with one attached hydrogen (secondary N) is 1. The smallest absolute Gasteiger partial charge is 0.171 e. The van der Waals surface area contributed by atoms with Crippen molar-refractivity contribution in [2.24, 2.45) is 5.41 Å². The molecule has 92 valence electrons. The SMILES string of the molecule is CCCC1(C(=O)c2ccc(Cl)c(Cl)c2)CNC1. The Morgan fingerprint density at radius 2 is 2.06 bits per heavy atom. The Morgan fingerprint density at radius 3 is 2.53 bits per heavy atom. The van der Waals surface area contributed by atoms with Crippen LogP contribution in [0.1, 0.15) is 30.1 Å². The lowest BCUT2D eigenvalue weighted by atomic mass is 9.72. The summed E-state index contributed by atoms with van der Waals surface area (Å²) in [6, 6.07) is 5.11. The van der Waals surface area contributed by atoms with E-state index in [1.165, 1.54) is 0 Å². The highest BCUT2D eigenvalue weighted by atomic mass is 35.5. The Labute approximate surface area is 111 Å². The first-order valence-electron chi connectivity index (χ1n) is 5.79. The Bertz CT molecular complexity index is 441. The molecule has 0 amide bonds. The number of Topliss-reactive ketones (excluding diaryl/α,β-unsaturated/α-hetero) is 1. The van der Waals surface area contributed by atoms with E-state index in [9.17, 15) is 4.79 Å². The van der Waals surface area contributed by atoms with Gasteiger partial charge in [0.05, 0.1) is 15.5 Å². The van der Waals surface area contributed by atoms with E-state index >= 15 is 0 Å². The first-order chi connectivity index (χ1) is 8.09. The maximum Gasteiger partial charge on any atom is 0.171 e. The molecule has 2 rings (SSSR count). The lowest BCUT2D eigenvalue weighted by Crippen LogP contribution is -2.58. The van der Waals surface area contributed by atoms with E-state index in [4.69, 9.17) is 23.2 Å². The summed E-state index contributed by atoms with van der Waals surface area (Å²) >= 11 is 11.8. The van der Waals surface area contributed by atoms with E-state index in [-0.39, 0.29) is 11.2 Å². The molecule has 1 heterocycles. The number of benzene rings is 1. The van der Waals surface area contributed by atoms with Crippen LogP contribution < -0.4 is 5.32 Å². The minimum Gasteiger partial charge on any atom is -0.315 e. The van der Waals surface area contributed by atoms with Crippen LogP contribution in [-0.2, 0) is 0 Å². The minimum absolute atomic E-state index is 0.177. The van der Waals surface area contributed by atoms with Gasteiger partial charge in [-0.3, -0.25) is 4.79 Å². The number of ketones is 1. The van der Waals surface area contributed by atoms with Gasteiger partial charge in [-0.25, -0.2) is 0 Å². The van der Waals surface area contributed by atoms with E-state index in [2.05, 4.69) is 12.2 Å². The number of rotatable bonds is 4. The third-order valence-corrected chi connectivity index (χ3v) is 4.06. The molecule has 0 bridgehead atoms. The maximum atomic E-state index is 12.5. The van der Waals surface area contributed by atoms with Crippen LogP contribution in [0.25, 0.3) is 0 Å². The Morgan fingerprint density at radius 1 is 1.35 bits per heavy atom. The summed E-state index contributed by atoms with van der Waals surface area (Å²) in [6.07, 6.45) is 1.92. The zero-order valence-corrected chi connectivity index (χ0v) is 11.2. The van der Waals surface area contributed by atoms with E-state index in [1.807, 2.05) is 0 Å². The molecule has 1 N–H and O–H groups in total. The molecule has 1 aromatic carbocycles. The Kier molecular flexibility index (Phi) is 3.76. The van der Waals surface area contributed by atoms with Crippen molar-refractivity contribution in [2.45, 2.75) is 19.8 Å². The second kappa shape index (κ2) is 4.97. The van der Waals surface area contributed by atoms with Crippen LogP contribution >= 0.6 is 23.2 Å². The van der Waals surface area contributed by atoms with Crippen LogP contribution in [0.2, 0.25) is 10.0 Å². The highest BCUT2D eigenvalue weighted by Gasteiger charge is 2.43. The summed E-state index contributed by atoms with van der Waals surface area (Å²) in [7, 11) is 0. The molecule has 0 spiro atoms. The highest BCUT2D eigenvalue weighted by molar-refractivity contribution is 6.42. The first kappa shape index (κ1) is 12.9. The summed E-state index contributed by atoms with van der Waals surface area (Å²) in [5, 5.41) is 4.11. The van der Waals surface area contributed by atoms with Gasteiger partial charge in [-0.15, -0.1) is 0 Å². The summed E-state index contributed by atoms with van der Waals surface area (Å²) in [6.45, 7) is 3.63.